The van der Waals surface area contributed by atoms with Gasteiger partial charge in [-0.15, -0.1) is 0 Å². The molecule has 0 heterocycles. The van der Waals surface area contributed by atoms with Gasteiger partial charge < -0.3 is 10.2 Å². The number of halogens is 1. The zero-order valence-electron chi connectivity index (χ0n) is 22.3. The van der Waals surface area contributed by atoms with Crippen LogP contribution in [-0.2, 0) is 29.0 Å². The molecule has 4 rings (SSSR count). The molecule has 0 radical (unpaired) electrons. The second kappa shape index (κ2) is 12.4. The Kier molecular flexibility index (Phi) is 9.01. The van der Waals surface area contributed by atoms with Gasteiger partial charge in [0.15, 0.2) is 0 Å². The summed E-state index contributed by atoms with van der Waals surface area (Å²) in [5.74, 6) is -0.183. The molecule has 0 aromatic heterocycles. The summed E-state index contributed by atoms with van der Waals surface area (Å²) in [6.45, 7) is 6.24. The van der Waals surface area contributed by atoms with Crippen molar-refractivity contribution in [1.29, 1.82) is 0 Å². The molecule has 0 fully saturated rings. The normalized spacial score (nSPS) is 12.2. The standard InChI is InChI=1S/C33H35BrN2O2/c1-33(2,3)35-32(38)30(22-24-11-5-4-6-12-24)36(23-25-13-9-17-28(34)21-25)31(37)20-19-27-16-10-15-26-14-7-8-18-29(26)27/h4-18,21,30H,19-20,22-23H2,1-3H3,(H,35,38)/t30-/m0/s1. The van der Waals surface area contributed by atoms with Crippen LogP contribution in [0.2, 0.25) is 0 Å². The van der Waals surface area contributed by atoms with Gasteiger partial charge in [-0.3, -0.25) is 9.59 Å². The molecule has 0 aliphatic rings. The van der Waals surface area contributed by atoms with E-state index in [-0.39, 0.29) is 11.8 Å². The van der Waals surface area contributed by atoms with Gasteiger partial charge in [-0.1, -0.05) is 101 Å². The molecule has 4 aromatic carbocycles. The fraction of sp³-hybridized carbons (Fsp3) is 0.273. The molecule has 0 saturated carbocycles. The maximum absolute atomic E-state index is 14.0. The summed E-state index contributed by atoms with van der Waals surface area (Å²) in [5.41, 5.74) is 2.71. The summed E-state index contributed by atoms with van der Waals surface area (Å²) >= 11 is 3.55. The van der Waals surface area contributed by atoms with E-state index in [2.05, 4.69) is 45.5 Å². The van der Waals surface area contributed by atoms with Crippen LogP contribution in [0.1, 0.15) is 43.9 Å². The smallest absolute Gasteiger partial charge is 0.243 e. The molecule has 4 nitrogen and oxygen atoms in total. The Hall–Kier alpha value is -3.44. The van der Waals surface area contributed by atoms with Gasteiger partial charge in [0.05, 0.1) is 0 Å². The van der Waals surface area contributed by atoms with Crippen LogP contribution in [0.25, 0.3) is 10.8 Å². The van der Waals surface area contributed by atoms with Crippen molar-refractivity contribution in [3.05, 3.63) is 118 Å². The molecule has 0 spiro atoms. The number of fused-ring (bicyclic) bond motifs is 1. The lowest BCUT2D eigenvalue weighted by atomic mass is 9.98. The molecule has 5 heteroatoms. The molecular weight excluding hydrogens is 536 g/mol. The molecule has 196 valence electrons. The van der Waals surface area contributed by atoms with Crippen molar-refractivity contribution in [3.63, 3.8) is 0 Å². The second-order valence-electron chi connectivity index (χ2n) is 10.7. The van der Waals surface area contributed by atoms with Gasteiger partial charge in [0, 0.05) is 29.4 Å². The van der Waals surface area contributed by atoms with Crippen molar-refractivity contribution < 1.29 is 9.59 Å². The third-order valence-electron chi connectivity index (χ3n) is 6.50. The van der Waals surface area contributed by atoms with Crippen molar-refractivity contribution in [1.82, 2.24) is 10.2 Å². The molecule has 2 amide bonds. The van der Waals surface area contributed by atoms with Crippen LogP contribution in [0.3, 0.4) is 0 Å². The first-order chi connectivity index (χ1) is 18.2. The SMILES string of the molecule is CC(C)(C)NC(=O)[C@H](Cc1ccccc1)N(Cc1cccc(Br)c1)C(=O)CCc1cccc2ccccc12. The van der Waals surface area contributed by atoms with Gasteiger partial charge in [0.25, 0.3) is 0 Å². The van der Waals surface area contributed by atoms with Crippen LogP contribution in [0.4, 0.5) is 0 Å². The van der Waals surface area contributed by atoms with E-state index in [0.717, 1.165) is 31.9 Å². The lowest BCUT2D eigenvalue weighted by Crippen LogP contribution is -2.54. The third kappa shape index (κ3) is 7.55. The largest absolute Gasteiger partial charge is 0.350 e. The average molecular weight is 572 g/mol. The summed E-state index contributed by atoms with van der Waals surface area (Å²) in [4.78, 5) is 29.4. The van der Waals surface area contributed by atoms with Crippen LogP contribution in [0.15, 0.2) is 102 Å². The molecule has 0 unspecified atom stereocenters. The molecular formula is C33H35BrN2O2. The Balaban J connectivity index is 1.66. The van der Waals surface area contributed by atoms with E-state index in [4.69, 9.17) is 0 Å². The van der Waals surface area contributed by atoms with Crippen molar-refractivity contribution >= 4 is 38.5 Å². The second-order valence-corrected chi connectivity index (χ2v) is 11.7. The molecule has 0 aliphatic carbocycles. The average Bonchev–Trinajstić information content (AvgIpc) is 2.89. The van der Waals surface area contributed by atoms with E-state index in [1.807, 2.05) is 93.6 Å². The van der Waals surface area contributed by atoms with Crippen LogP contribution in [0, 0.1) is 0 Å². The number of hydrogen-bond acceptors (Lipinski definition) is 2. The van der Waals surface area contributed by atoms with E-state index in [1.54, 1.807) is 4.90 Å². The Labute approximate surface area is 234 Å². The summed E-state index contributed by atoms with van der Waals surface area (Å²) in [7, 11) is 0. The summed E-state index contributed by atoms with van der Waals surface area (Å²) in [6.07, 6.45) is 1.36. The monoisotopic (exact) mass is 570 g/mol. The first kappa shape index (κ1) is 27.6. The summed E-state index contributed by atoms with van der Waals surface area (Å²) in [6, 6.07) is 31.7. The highest BCUT2D eigenvalue weighted by molar-refractivity contribution is 9.10. The number of nitrogens with one attached hydrogen (secondary N) is 1. The number of hydrogen-bond donors (Lipinski definition) is 1. The lowest BCUT2D eigenvalue weighted by molar-refractivity contribution is -0.141. The van der Waals surface area contributed by atoms with E-state index in [9.17, 15) is 9.59 Å². The Morgan fingerprint density at radius 3 is 2.24 bits per heavy atom. The summed E-state index contributed by atoms with van der Waals surface area (Å²) < 4.78 is 0.942. The molecule has 0 saturated heterocycles. The minimum atomic E-state index is -0.643. The Morgan fingerprint density at radius 1 is 0.842 bits per heavy atom. The first-order valence-corrected chi connectivity index (χ1v) is 13.9. The predicted octanol–water partition coefficient (Wildman–Crippen LogP) is 7.09. The number of benzene rings is 4. The lowest BCUT2D eigenvalue weighted by Gasteiger charge is -2.34. The maximum Gasteiger partial charge on any atom is 0.243 e. The number of amides is 2. The van der Waals surface area contributed by atoms with E-state index in [1.165, 1.54) is 0 Å². The van der Waals surface area contributed by atoms with Crippen LogP contribution >= 0.6 is 15.9 Å². The minimum Gasteiger partial charge on any atom is -0.350 e. The van der Waals surface area contributed by atoms with Gasteiger partial charge in [0.1, 0.15) is 6.04 Å². The van der Waals surface area contributed by atoms with Crippen molar-refractivity contribution in [2.75, 3.05) is 0 Å². The van der Waals surface area contributed by atoms with Crippen molar-refractivity contribution in [2.45, 2.75) is 58.2 Å². The Bertz CT molecular complexity index is 1390. The zero-order valence-corrected chi connectivity index (χ0v) is 23.9. The third-order valence-corrected chi connectivity index (χ3v) is 6.99. The molecule has 0 bridgehead atoms. The maximum atomic E-state index is 14.0. The van der Waals surface area contributed by atoms with Gasteiger partial charge in [0.2, 0.25) is 11.8 Å². The molecule has 38 heavy (non-hydrogen) atoms. The topological polar surface area (TPSA) is 49.4 Å². The number of rotatable bonds is 9. The highest BCUT2D eigenvalue weighted by atomic mass is 79.9. The highest BCUT2D eigenvalue weighted by Gasteiger charge is 2.32. The first-order valence-electron chi connectivity index (χ1n) is 13.1. The highest BCUT2D eigenvalue weighted by Crippen LogP contribution is 2.23. The number of carbonyl (C=O) groups is 2. The van der Waals surface area contributed by atoms with Gasteiger partial charge in [-0.25, -0.2) is 0 Å². The van der Waals surface area contributed by atoms with Gasteiger partial charge in [-0.05, 0) is 66.8 Å². The minimum absolute atomic E-state index is 0.0390. The number of carbonyl (C=O) groups excluding carboxylic acids is 2. The zero-order chi connectivity index (χ0) is 27.1. The molecule has 0 aliphatic heterocycles. The molecule has 4 aromatic rings. The van der Waals surface area contributed by atoms with E-state index < -0.39 is 11.6 Å². The van der Waals surface area contributed by atoms with E-state index >= 15 is 0 Å². The van der Waals surface area contributed by atoms with Crippen LogP contribution in [-0.4, -0.2) is 28.3 Å². The predicted molar refractivity (Wildman–Crippen MR) is 159 cm³/mol. The van der Waals surface area contributed by atoms with Crippen LogP contribution in [0.5, 0.6) is 0 Å². The number of nitrogens with zero attached hydrogens (tertiary/aromatic N) is 1. The van der Waals surface area contributed by atoms with Gasteiger partial charge >= 0.3 is 0 Å². The van der Waals surface area contributed by atoms with Crippen molar-refractivity contribution in [2.24, 2.45) is 0 Å². The van der Waals surface area contributed by atoms with Crippen LogP contribution < -0.4 is 5.32 Å². The molecule has 1 N–H and O–H groups in total. The quantitative estimate of drug-likeness (QED) is 0.233. The van der Waals surface area contributed by atoms with E-state index in [0.29, 0.717) is 25.8 Å². The summed E-state index contributed by atoms with van der Waals surface area (Å²) in [5, 5.41) is 5.45. The van der Waals surface area contributed by atoms with Gasteiger partial charge in [-0.2, -0.15) is 0 Å². The fourth-order valence-electron chi connectivity index (χ4n) is 4.73. The fourth-order valence-corrected chi connectivity index (χ4v) is 5.18. The number of aryl methyl sites for hydroxylation is 1. The molecule has 1 atom stereocenters. The van der Waals surface area contributed by atoms with Crippen molar-refractivity contribution in [3.8, 4) is 0 Å². The Morgan fingerprint density at radius 2 is 1.50 bits per heavy atom.